The molecule has 1 aliphatic rings. The number of nitrogens with one attached hydrogen (secondary N) is 1. The Morgan fingerprint density at radius 1 is 1.23 bits per heavy atom. The predicted octanol–water partition coefficient (Wildman–Crippen LogP) is 4.81. The first-order valence-corrected chi connectivity index (χ1v) is 9.90. The normalized spacial score (nSPS) is 18.0. The lowest BCUT2D eigenvalue weighted by Gasteiger charge is -2.34. The van der Waals surface area contributed by atoms with Crippen LogP contribution in [0.1, 0.15) is 24.0 Å². The van der Waals surface area contributed by atoms with Gasteiger partial charge in [0, 0.05) is 23.8 Å². The van der Waals surface area contributed by atoms with Crippen molar-refractivity contribution in [2.45, 2.75) is 37.8 Å². The second-order valence-corrected chi connectivity index (χ2v) is 7.80. The van der Waals surface area contributed by atoms with Crippen molar-refractivity contribution in [3.8, 4) is 0 Å². The van der Waals surface area contributed by atoms with Gasteiger partial charge in [-0.2, -0.15) is 13.2 Å². The molecule has 2 N–H and O–H groups in total. The summed E-state index contributed by atoms with van der Waals surface area (Å²) in [4.78, 5) is 16.0. The fraction of sp³-hybridized carbons (Fsp3) is 0.381. The van der Waals surface area contributed by atoms with Gasteiger partial charge in [0.15, 0.2) is 0 Å². The van der Waals surface area contributed by atoms with Crippen LogP contribution in [0.2, 0.25) is 5.02 Å². The molecule has 2 amide bonds. The molecular weight excluding hydrogens is 419 g/mol. The number of likely N-dealkylation sites (tertiary alicyclic amines) is 1. The van der Waals surface area contributed by atoms with E-state index in [1.54, 1.807) is 24.1 Å². The van der Waals surface area contributed by atoms with Gasteiger partial charge in [-0.15, -0.1) is 0 Å². The molecular formula is C21H23ClF3N3O2. The van der Waals surface area contributed by atoms with Gasteiger partial charge in [0.2, 0.25) is 0 Å². The highest BCUT2D eigenvalue weighted by Gasteiger charge is 2.36. The van der Waals surface area contributed by atoms with Crippen LogP contribution in [0.15, 0.2) is 48.5 Å². The number of carbonyl (C=O) groups excluding carboxylic acids is 1. The van der Waals surface area contributed by atoms with Crippen LogP contribution in [-0.4, -0.2) is 46.8 Å². The number of aliphatic hydroxyl groups is 1. The number of nitrogens with zero attached hydrogens (tertiary/aromatic N) is 2. The molecule has 5 nitrogen and oxygen atoms in total. The van der Waals surface area contributed by atoms with Gasteiger partial charge in [-0.3, -0.25) is 4.90 Å². The van der Waals surface area contributed by atoms with E-state index in [4.69, 9.17) is 11.6 Å². The van der Waals surface area contributed by atoms with Crippen molar-refractivity contribution in [2.75, 3.05) is 18.9 Å². The van der Waals surface area contributed by atoms with Gasteiger partial charge in [-0.25, -0.2) is 4.79 Å². The molecule has 30 heavy (non-hydrogen) atoms. The minimum atomic E-state index is -4.43. The molecule has 0 spiro atoms. The van der Waals surface area contributed by atoms with Crippen LogP contribution < -0.4 is 5.32 Å². The topological polar surface area (TPSA) is 55.8 Å². The van der Waals surface area contributed by atoms with E-state index < -0.39 is 30.0 Å². The molecule has 0 saturated carbocycles. The summed E-state index contributed by atoms with van der Waals surface area (Å²) in [5, 5.41) is 14.0. The van der Waals surface area contributed by atoms with Crippen LogP contribution in [0.3, 0.4) is 0 Å². The van der Waals surface area contributed by atoms with Crippen LogP contribution in [0.25, 0.3) is 0 Å². The Labute approximate surface area is 178 Å². The van der Waals surface area contributed by atoms with E-state index >= 15 is 0 Å². The number of aliphatic hydroxyl groups excluding tert-OH is 1. The molecule has 1 saturated heterocycles. The van der Waals surface area contributed by atoms with Crippen LogP contribution in [-0.2, 0) is 12.7 Å². The second kappa shape index (κ2) is 9.24. The van der Waals surface area contributed by atoms with E-state index in [9.17, 15) is 23.1 Å². The van der Waals surface area contributed by atoms with Gasteiger partial charge >= 0.3 is 12.2 Å². The average Bonchev–Trinajstić information content (AvgIpc) is 3.19. The van der Waals surface area contributed by atoms with E-state index in [0.717, 1.165) is 24.1 Å². The molecule has 2 atom stereocenters. The van der Waals surface area contributed by atoms with Crippen molar-refractivity contribution in [3.63, 3.8) is 0 Å². The molecule has 0 bridgehead atoms. The van der Waals surface area contributed by atoms with Gasteiger partial charge in [-0.05, 0) is 61.9 Å². The number of hydrogen-bond acceptors (Lipinski definition) is 3. The fourth-order valence-electron chi connectivity index (χ4n) is 3.56. The van der Waals surface area contributed by atoms with Crippen molar-refractivity contribution >= 4 is 23.3 Å². The Morgan fingerprint density at radius 3 is 2.47 bits per heavy atom. The zero-order valence-corrected chi connectivity index (χ0v) is 17.1. The van der Waals surface area contributed by atoms with Crippen molar-refractivity contribution in [1.82, 2.24) is 9.80 Å². The van der Waals surface area contributed by atoms with Crippen LogP contribution >= 0.6 is 11.6 Å². The molecule has 162 valence electrons. The average molecular weight is 442 g/mol. The number of urea groups is 1. The number of likely N-dealkylation sites (N-methyl/N-ethyl adjacent to an activating group) is 1. The van der Waals surface area contributed by atoms with E-state index in [-0.39, 0.29) is 5.69 Å². The molecule has 0 radical (unpaired) electrons. The highest BCUT2D eigenvalue weighted by molar-refractivity contribution is 6.30. The fourth-order valence-corrected chi connectivity index (χ4v) is 3.68. The summed E-state index contributed by atoms with van der Waals surface area (Å²) < 4.78 is 38.1. The lowest BCUT2D eigenvalue weighted by molar-refractivity contribution is -0.137. The van der Waals surface area contributed by atoms with Crippen LogP contribution in [0, 0.1) is 0 Å². The monoisotopic (exact) mass is 441 g/mol. The van der Waals surface area contributed by atoms with Gasteiger partial charge < -0.3 is 15.3 Å². The second-order valence-electron chi connectivity index (χ2n) is 7.36. The number of carbonyl (C=O) groups is 1. The molecule has 3 rings (SSSR count). The number of rotatable bonds is 5. The summed E-state index contributed by atoms with van der Waals surface area (Å²) in [6.45, 7) is 0.937. The van der Waals surface area contributed by atoms with E-state index in [1.807, 2.05) is 12.1 Å². The number of halogens is 4. The third-order valence-corrected chi connectivity index (χ3v) is 5.42. The van der Waals surface area contributed by atoms with E-state index in [0.29, 0.717) is 24.5 Å². The predicted molar refractivity (Wildman–Crippen MR) is 109 cm³/mol. The first kappa shape index (κ1) is 22.4. The summed E-state index contributed by atoms with van der Waals surface area (Å²) in [7, 11) is 1.77. The van der Waals surface area contributed by atoms with Crippen molar-refractivity contribution in [3.05, 3.63) is 64.7 Å². The van der Waals surface area contributed by atoms with E-state index in [2.05, 4.69) is 5.32 Å². The lowest BCUT2D eigenvalue weighted by Crippen LogP contribution is -2.50. The Hall–Kier alpha value is -2.29. The number of alkyl halides is 3. The van der Waals surface area contributed by atoms with E-state index in [1.165, 1.54) is 17.0 Å². The largest absolute Gasteiger partial charge is 0.416 e. The van der Waals surface area contributed by atoms with Gasteiger partial charge in [0.05, 0.1) is 11.6 Å². The minimum absolute atomic E-state index is 0.266. The SMILES string of the molecule is CN(Cc1ccc(Cl)cc1)C(O)[C@H]1CCCN1C(=O)Nc1ccc(C(F)(F)F)cc1. The smallest absolute Gasteiger partial charge is 0.376 e. The molecule has 2 aromatic carbocycles. The third kappa shape index (κ3) is 5.44. The third-order valence-electron chi connectivity index (χ3n) is 5.16. The Balaban J connectivity index is 1.62. The maximum Gasteiger partial charge on any atom is 0.416 e. The summed E-state index contributed by atoms with van der Waals surface area (Å²) in [6.07, 6.45) is -3.95. The molecule has 9 heteroatoms. The highest BCUT2D eigenvalue weighted by Crippen LogP contribution is 2.30. The quantitative estimate of drug-likeness (QED) is 0.655. The number of anilines is 1. The minimum Gasteiger partial charge on any atom is -0.376 e. The molecule has 2 aromatic rings. The van der Waals surface area contributed by atoms with Gasteiger partial charge in [0.1, 0.15) is 6.23 Å². The molecule has 1 aliphatic heterocycles. The number of benzene rings is 2. The Kier molecular flexibility index (Phi) is 6.90. The van der Waals surface area contributed by atoms with Crippen molar-refractivity contribution in [1.29, 1.82) is 0 Å². The van der Waals surface area contributed by atoms with Crippen LogP contribution in [0.5, 0.6) is 0 Å². The van der Waals surface area contributed by atoms with Crippen LogP contribution in [0.4, 0.5) is 23.7 Å². The molecule has 0 aliphatic carbocycles. The van der Waals surface area contributed by atoms with Crippen molar-refractivity contribution < 1.29 is 23.1 Å². The zero-order valence-electron chi connectivity index (χ0n) is 16.4. The maximum atomic E-state index is 12.7. The highest BCUT2D eigenvalue weighted by atomic mass is 35.5. The standard InChI is InChI=1S/C21H23ClF3N3O2/c1-27(13-14-4-8-16(22)9-5-14)19(29)18-3-2-12-28(18)20(30)26-17-10-6-15(7-11-17)21(23,24)25/h4-11,18-19,29H,2-3,12-13H2,1H3,(H,26,30)/t18-,19?/m1/s1. The molecule has 1 fully saturated rings. The number of amides is 2. The van der Waals surface area contributed by atoms with Crippen molar-refractivity contribution in [2.24, 2.45) is 0 Å². The Bertz CT molecular complexity index is 859. The van der Waals surface area contributed by atoms with Gasteiger partial charge in [0.25, 0.3) is 0 Å². The molecule has 1 unspecified atom stereocenters. The summed E-state index contributed by atoms with van der Waals surface area (Å²) in [5.74, 6) is 0. The maximum absolute atomic E-state index is 12.7. The molecule has 1 heterocycles. The Morgan fingerprint density at radius 2 is 1.87 bits per heavy atom. The lowest BCUT2D eigenvalue weighted by atomic mass is 10.1. The first-order chi connectivity index (χ1) is 14.1. The zero-order chi connectivity index (χ0) is 21.9. The summed E-state index contributed by atoms with van der Waals surface area (Å²) >= 11 is 5.90. The number of hydrogen-bond donors (Lipinski definition) is 2. The summed E-state index contributed by atoms with van der Waals surface area (Å²) in [5.41, 5.74) is 0.459. The van der Waals surface area contributed by atoms with Gasteiger partial charge in [-0.1, -0.05) is 23.7 Å². The first-order valence-electron chi connectivity index (χ1n) is 9.53. The molecule has 0 aromatic heterocycles. The summed E-state index contributed by atoms with van der Waals surface area (Å²) in [6, 6.07) is 10.7.